The zero-order valence-electron chi connectivity index (χ0n) is 17.7. The maximum absolute atomic E-state index is 13.5. The van der Waals surface area contributed by atoms with E-state index in [1.54, 1.807) is 24.4 Å². The molecule has 172 valence electrons. The van der Waals surface area contributed by atoms with E-state index >= 15 is 0 Å². The molecule has 0 saturated carbocycles. The molecule has 1 amide bonds. The number of amides is 1. The van der Waals surface area contributed by atoms with Crippen LogP contribution in [-0.2, 0) is 22.1 Å². The standard InChI is InChI=1S/C24H18ClFN4O3S/c25-20-14-28-24(34(32,33)16-18-9-11-19(26)12-10-18)29-22(20)23(31)30(21-8-4-5-13-27-21)15-17-6-2-1-3-7-17/h1-14H,15-16H2. The van der Waals surface area contributed by atoms with Crippen LogP contribution in [0.15, 0.2) is 90.3 Å². The smallest absolute Gasteiger partial charge is 0.280 e. The molecule has 7 nitrogen and oxygen atoms in total. The van der Waals surface area contributed by atoms with Crippen LogP contribution in [0.2, 0.25) is 5.02 Å². The number of carbonyl (C=O) groups excluding carboxylic acids is 1. The van der Waals surface area contributed by atoms with E-state index in [9.17, 15) is 17.6 Å². The van der Waals surface area contributed by atoms with Crippen LogP contribution in [-0.4, -0.2) is 29.3 Å². The van der Waals surface area contributed by atoms with Crippen molar-refractivity contribution in [2.75, 3.05) is 4.90 Å². The van der Waals surface area contributed by atoms with Crippen LogP contribution < -0.4 is 4.90 Å². The van der Waals surface area contributed by atoms with Crippen molar-refractivity contribution in [3.63, 3.8) is 0 Å². The van der Waals surface area contributed by atoms with Gasteiger partial charge in [-0.1, -0.05) is 60.1 Å². The molecule has 0 atom stereocenters. The van der Waals surface area contributed by atoms with Crippen molar-refractivity contribution in [3.8, 4) is 0 Å². The normalized spacial score (nSPS) is 11.2. The van der Waals surface area contributed by atoms with Gasteiger partial charge in [-0.2, -0.15) is 0 Å². The van der Waals surface area contributed by atoms with Crippen molar-refractivity contribution in [2.24, 2.45) is 0 Å². The topological polar surface area (TPSA) is 93.1 Å². The first-order valence-electron chi connectivity index (χ1n) is 10.1. The Hall–Kier alpha value is -3.69. The number of sulfone groups is 1. The highest BCUT2D eigenvalue weighted by Gasteiger charge is 2.27. The first kappa shape index (κ1) is 23.5. The number of benzene rings is 2. The molecule has 0 bridgehead atoms. The second-order valence-electron chi connectivity index (χ2n) is 7.30. The Balaban J connectivity index is 1.69. The van der Waals surface area contributed by atoms with Gasteiger partial charge in [0.25, 0.3) is 5.91 Å². The minimum atomic E-state index is -4.04. The number of hydrogen-bond acceptors (Lipinski definition) is 6. The predicted molar refractivity (Wildman–Crippen MR) is 126 cm³/mol. The zero-order chi connectivity index (χ0) is 24.1. The van der Waals surface area contributed by atoms with Crippen molar-refractivity contribution in [1.82, 2.24) is 15.0 Å². The summed E-state index contributed by atoms with van der Waals surface area (Å²) in [7, 11) is -4.04. The molecule has 10 heteroatoms. The first-order chi connectivity index (χ1) is 16.3. The quantitative estimate of drug-likeness (QED) is 0.350. The van der Waals surface area contributed by atoms with Gasteiger partial charge < -0.3 is 0 Å². The van der Waals surface area contributed by atoms with E-state index < -0.39 is 32.5 Å². The van der Waals surface area contributed by atoms with Crippen LogP contribution in [0.5, 0.6) is 0 Å². The van der Waals surface area contributed by atoms with Gasteiger partial charge >= 0.3 is 0 Å². The van der Waals surface area contributed by atoms with Crippen molar-refractivity contribution in [3.05, 3.63) is 113 Å². The van der Waals surface area contributed by atoms with Gasteiger partial charge in [0.1, 0.15) is 11.6 Å². The lowest BCUT2D eigenvalue weighted by Crippen LogP contribution is -2.32. The molecule has 4 aromatic rings. The number of hydrogen-bond donors (Lipinski definition) is 0. The summed E-state index contributed by atoms with van der Waals surface area (Å²) in [4.78, 5) is 27.0. The molecular weight excluding hydrogens is 479 g/mol. The predicted octanol–water partition coefficient (Wildman–Crippen LogP) is 4.49. The molecule has 0 aliphatic carbocycles. The van der Waals surface area contributed by atoms with Gasteiger partial charge in [-0.05, 0) is 35.4 Å². The third-order valence-electron chi connectivity index (χ3n) is 4.83. The number of rotatable bonds is 7. The van der Waals surface area contributed by atoms with E-state index in [0.29, 0.717) is 11.4 Å². The van der Waals surface area contributed by atoms with Crippen molar-refractivity contribution in [1.29, 1.82) is 0 Å². The molecule has 0 aliphatic heterocycles. The average Bonchev–Trinajstić information content (AvgIpc) is 2.85. The minimum Gasteiger partial charge on any atom is -0.287 e. The maximum atomic E-state index is 13.5. The number of carbonyl (C=O) groups is 1. The van der Waals surface area contributed by atoms with Crippen molar-refractivity contribution >= 4 is 33.2 Å². The number of aromatic nitrogens is 3. The van der Waals surface area contributed by atoms with E-state index in [4.69, 9.17) is 11.6 Å². The third kappa shape index (κ3) is 5.44. The molecule has 0 N–H and O–H groups in total. The Labute approximate surface area is 200 Å². The Morgan fingerprint density at radius 3 is 2.29 bits per heavy atom. The van der Waals surface area contributed by atoms with Gasteiger partial charge in [-0.3, -0.25) is 9.69 Å². The van der Waals surface area contributed by atoms with Gasteiger partial charge in [0.05, 0.1) is 23.5 Å². The zero-order valence-corrected chi connectivity index (χ0v) is 19.2. The Bertz CT molecular complexity index is 1400. The number of halogens is 2. The van der Waals surface area contributed by atoms with Gasteiger partial charge in [0.2, 0.25) is 15.0 Å². The summed E-state index contributed by atoms with van der Waals surface area (Å²) in [6, 6.07) is 19.4. The maximum Gasteiger partial charge on any atom is 0.280 e. The first-order valence-corrected chi connectivity index (χ1v) is 12.1. The summed E-state index contributed by atoms with van der Waals surface area (Å²) in [6.07, 6.45) is 2.62. The molecule has 34 heavy (non-hydrogen) atoms. The molecule has 0 fully saturated rings. The fourth-order valence-corrected chi connectivity index (χ4v) is 4.56. The summed E-state index contributed by atoms with van der Waals surface area (Å²) < 4.78 is 39.0. The number of pyridine rings is 1. The minimum absolute atomic E-state index is 0.0975. The highest BCUT2D eigenvalue weighted by Crippen LogP contribution is 2.23. The SMILES string of the molecule is O=C(c1nc(S(=O)(=O)Cc2ccc(F)cc2)ncc1Cl)N(Cc1ccccc1)c1ccccn1. The molecule has 0 saturated heterocycles. The number of nitrogens with zero attached hydrogens (tertiary/aromatic N) is 4. The van der Waals surface area contributed by atoms with Gasteiger partial charge in [0, 0.05) is 6.20 Å². The Morgan fingerprint density at radius 2 is 1.62 bits per heavy atom. The van der Waals surface area contributed by atoms with Crippen LogP contribution >= 0.6 is 11.6 Å². The fraction of sp³-hybridized carbons (Fsp3) is 0.0833. The Morgan fingerprint density at radius 1 is 0.912 bits per heavy atom. The molecule has 2 aromatic heterocycles. The van der Waals surface area contributed by atoms with E-state index in [-0.39, 0.29) is 17.3 Å². The molecule has 0 unspecified atom stereocenters. The van der Waals surface area contributed by atoms with Crippen LogP contribution in [0.25, 0.3) is 0 Å². The highest BCUT2D eigenvalue weighted by atomic mass is 35.5. The van der Waals surface area contributed by atoms with Crippen LogP contribution in [0, 0.1) is 5.82 Å². The second-order valence-corrected chi connectivity index (χ2v) is 9.59. The molecule has 0 aliphatic rings. The van der Waals surface area contributed by atoms with E-state index in [1.165, 1.54) is 17.0 Å². The molecule has 2 aromatic carbocycles. The van der Waals surface area contributed by atoms with Gasteiger partial charge in [-0.15, -0.1) is 0 Å². The van der Waals surface area contributed by atoms with Crippen molar-refractivity contribution < 1.29 is 17.6 Å². The van der Waals surface area contributed by atoms with Crippen molar-refractivity contribution in [2.45, 2.75) is 17.5 Å². The van der Waals surface area contributed by atoms with Crippen LogP contribution in [0.4, 0.5) is 10.2 Å². The monoisotopic (exact) mass is 496 g/mol. The Kier molecular flexibility index (Phi) is 6.95. The highest BCUT2D eigenvalue weighted by molar-refractivity contribution is 7.90. The third-order valence-corrected chi connectivity index (χ3v) is 6.57. The summed E-state index contributed by atoms with van der Waals surface area (Å²) in [6.45, 7) is 0.161. The molecule has 4 rings (SSSR count). The molecular formula is C24H18ClFN4O3S. The van der Waals surface area contributed by atoms with E-state index in [0.717, 1.165) is 23.9 Å². The lowest BCUT2D eigenvalue weighted by Gasteiger charge is -2.22. The second kappa shape index (κ2) is 10.1. The van der Waals surface area contributed by atoms with Gasteiger partial charge in [-0.25, -0.2) is 27.8 Å². The average molecular weight is 497 g/mol. The summed E-state index contributed by atoms with van der Waals surface area (Å²) >= 11 is 6.22. The summed E-state index contributed by atoms with van der Waals surface area (Å²) in [5.41, 5.74) is 0.916. The fourth-order valence-electron chi connectivity index (χ4n) is 3.18. The molecule has 0 radical (unpaired) electrons. The number of anilines is 1. The van der Waals surface area contributed by atoms with Gasteiger partial charge in [0.15, 0.2) is 5.69 Å². The lowest BCUT2D eigenvalue weighted by molar-refractivity contribution is 0.0978. The lowest BCUT2D eigenvalue weighted by atomic mass is 10.2. The summed E-state index contributed by atoms with van der Waals surface area (Å²) in [5, 5.41) is -0.648. The summed E-state index contributed by atoms with van der Waals surface area (Å²) in [5.74, 6) is -1.23. The van der Waals surface area contributed by atoms with Crippen LogP contribution in [0.1, 0.15) is 21.6 Å². The molecule has 2 heterocycles. The largest absolute Gasteiger partial charge is 0.287 e. The molecule has 0 spiro atoms. The van der Waals surface area contributed by atoms with Crippen LogP contribution in [0.3, 0.4) is 0 Å². The van der Waals surface area contributed by atoms with E-state index in [2.05, 4.69) is 15.0 Å². The van der Waals surface area contributed by atoms with E-state index in [1.807, 2.05) is 30.3 Å².